The molecular formula is C13H15F3N2O3. The number of rotatable bonds is 2. The highest BCUT2D eigenvalue weighted by atomic mass is 19.4. The number of alkyl halides is 3. The molecule has 0 spiro atoms. The number of benzene rings is 1. The second-order valence-electron chi connectivity index (χ2n) is 4.71. The summed E-state index contributed by atoms with van der Waals surface area (Å²) < 4.78 is 43.6. The van der Waals surface area contributed by atoms with Gasteiger partial charge in [0, 0.05) is 17.8 Å². The van der Waals surface area contributed by atoms with E-state index in [2.05, 4.69) is 0 Å². The Hall–Kier alpha value is -1.80. The molecule has 3 N–H and O–H groups in total. The number of carbonyl (C=O) groups excluding carboxylic acids is 1. The molecule has 116 valence electrons. The zero-order valence-electron chi connectivity index (χ0n) is 11.1. The third-order valence-electron chi connectivity index (χ3n) is 3.30. The fourth-order valence-electron chi connectivity index (χ4n) is 2.17. The summed E-state index contributed by atoms with van der Waals surface area (Å²) in [5.74, 6) is -0.581. The van der Waals surface area contributed by atoms with Gasteiger partial charge in [-0.3, -0.25) is 4.79 Å². The van der Waals surface area contributed by atoms with Gasteiger partial charge in [-0.1, -0.05) is 0 Å². The molecule has 1 heterocycles. The predicted octanol–water partition coefficient (Wildman–Crippen LogP) is 1.12. The lowest BCUT2D eigenvalue weighted by atomic mass is 10.1. The molecule has 0 aromatic heterocycles. The second kappa shape index (κ2) is 5.90. The number of carbonyl (C=O) groups is 1. The summed E-state index contributed by atoms with van der Waals surface area (Å²) >= 11 is 0. The highest BCUT2D eigenvalue weighted by Crippen LogP contribution is 2.34. The van der Waals surface area contributed by atoms with Crippen LogP contribution in [0, 0.1) is 0 Å². The molecule has 5 nitrogen and oxygen atoms in total. The fourth-order valence-corrected chi connectivity index (χ4v) is 2.17. The van der Waals surface area contributed by atoms with Crippen molar-refractivity contribution in [2.45, 2.75) is 12.2 Å². The van der Waals surface area contributed by atoms with Crippen LogP contribution in [0.25, 0.3) is 0 Å². The monoisotopic (exact) mass is 304 g/mol. The number of aliphatic hydroxyl groups is 1. The van der Waals surface area contributed by atoms with Gasteiger partial charge in [0.25, 0.3) is 5.91 Å². The zero-order valence-corrected chi connectivity index (χ0v) is 11.1. The normalized spacial score (nSPS) is 19.6. The van der Waals surface area contributed by atoms with Crippen molar-refractivity contribution in [1.29, 1.82) is 0 Å². The lowest BCUT2D eigenvalue weighted by Gasteiger charge is -2.34. The fraction of sp³-hybridized carbons (Fsp3) is 0.462. The van der Waals surface area contributed by atoms with E-state index in [-0.39, 0.29) is 31.9 Å². The van der Waals surface area contributed by atoms with Crippen LogP contribution in [0.5, 0.6) is 0 Å². The Bertz CT molecular complexity index is 534. The third kappa shape index (κ3) is 3.27. The summed E-state index contributed by atoms with van der Waals surface area (Å²) in [6.45, 7) is 0.343. The first-order chi connectivity index (χ1) is 9.84. The van der Waals surface area contributed by atoms with E-state index < -0.39 is 29.4 Å². The van der Waals surface area contributed by atoms with Crippen LogP contribution in [0.3, 0.4) is 0 Å². The van der Waals surface area contributed by atoms with Crippen LogP contribution in [0.1, 0.15) is 15.9 Å². The molecule has 1 saturated heterocycles. The van der Waals surface area contributed by atoms with Gasteiger partial charge in [-0.15, -0.1) is 0 Å². The molecule has 1 aliphatic rings. The van der Waals surface area contributed by atoms with Gasteiger partial charge in [-0.2, -0.15) is 13.2 Å². The van der Waals surface area contributed by atoms with Crippen molar-refractivity contribution in [2.75, 3.05) is 32.1 Å². The van der Waals surface area contributed by atoms with Gasteiger partial charge in [0.1, 0.15) is 0 Å². The molecule has 0 saturated carbocycles. The van der Waals surface area contributed by atoms with Gasteiger partial charge in [0.2, 0.25) is 0 Å². The summed E-state index contributed by atoms with van der Waals surface area (Å²) in [4.78, 5) is 13.6. The van der Waals surface area contributed by atoms with Crippen LogP contribution < -0.4 is 5.73 Å². The van der Waals surface area contributed by atoms with Crippen molar-refractivity contribution in [2.24, 2.45) is 0 Å². The van der Waals surface area contributed by atoms with E-state index in [1.165, 1.54) is 11.0 Å². The Morgan fingerprint density at radius 1 is 1.48 bits per heavy atom. The van der Waals surface area contributed by atoms with E-state index in [1.54, 1.807) is 0 Å². The number of aliphatic hydroxyl groups excluding tert-OH is 1. The number of nitrogens with two attached hydrogens (primary N) is 1. The first-order valence-corrected chi connectivity index (χ1v) is 6.31. The maximum Gasteiger partial charge on any atom is 0.418 e. The quantitative estimate of drug-likeness (QED) is 0.803. The highest BCUT2D eigenvalue weighted by molar-refractivity contribution is 5.95. The topological polar surface area (TPSA) is 75.8 Å². The molecule has 1 atom stereocenters. The van der Waals surface area contributed by atoms with Crippen molar-refractivity contribution < 1.29 is 27.8 Å². The number of nitrogen functional groups attached to an aromatic ring is 1. The van der Waals surface area contributed by atoms with E-state index in [9.17, 15) is 23.1 Å². The Balaban J connectivity index is 2.31. The molecule has 1 aromatic rings. The average Bonchev–Trinajstić information content (AvgIpc) is 2.45. The highest BCUT2D eigenvalue weighted by Gasteiger charge is 2.35. The average molecular weight is 304 g/mol. The molecule has 21 heavy (non-hydrogen) atoms. The SMILES string of the molecule is Nc1ccc(C(=O)N2CCOCC2CO)cc1C(F)(F)F. The maximum absolute atomic E-state index is 12.8. The van der Waals surface area contributed by atoms with Crippen LogP contribution in [0.15, 0.2) is 18.2 Å². The maximum atomic E-state index is 12.8. The molecule has 1 fully saturated rings. The molecule has 0 aliphatic carbocycles. The van der Waals surface area contributed by atoms with Crippen molar-refractivity contribution in [3.63, 3.8) is 0 Å². The number of hydrogen-bond donors (Lipinski definition) is 2. The molecule has 1 aromatic carbocycles. The minimum atomic E-state index is -4.62. The van der Waals surface area contributed by atoms with Crippen molar-refractivity contribution >= 4 is 11.6 Å². The Labute approximate surface area is 119 Å². The number of ether oxygens (including phenoxy) is 1. The van der Waals surface area contributed by atoms with E-state index >= 15 is 0 Å². The first kappa shape index (κ1) is 15.6. The van der Waals surface area contributed by atoms with Crippen molar-refractivity contribution in [1.82, 2.24) is 4.90 Å². The predicted molar refractivity (Wildman–Crippen MR) is 68.6 cm³/mol. The van der Waals surface area contributed by atoms with Crippen LogP contribution >= 0.6 is 0 Å². The smallest absolute Gasteiger partial charge is 0.398 e. The van der Waals surface area contributed by atoms with Gasteiger partial charge >= 0.3 is 6.18 Å². The summed E-state index contributed by atoms with van der Waals surface area (Å²) in [6.07, 6.45) is -4.62. The van der Waals surface area contributed by atoms with E-state index in [0.717, 1.165) is 12.1 Å². The zero-order chi connectivity index (χ0) is 15.6. The Kier molecular flexibility index (Phi) is 4.38. The minimum absolute atomic E-state index is 0.114. The van der Waals surface area contributed by atoms with Crippen molar-refractivity contribution in [3.8, 4) is 0 Å². The van der Waals surface area contributed by atoms with Gasteiger partial charge in [0.15, 0.2) is 0 Å². The molecule has 0 bridgehead atoms. The van der Waals surface area contributed by atoms with Crippen LogP contribution in [-0.4, -0.2) is 48.3 Å². The molecule has 1 aliphatic heterocycles. The number of anilines is 1. The lowest BCUT2D eigenvalue weighted by molar-refractivity contribution is -0.136. The summed E-state index contributed by atoms with van der Waals surface area (Å²) in [6, 6.07) is 2.49. The van der Waals surface area contributed by atoms with Crippen LogP contribution in [0.2, 0.25) is 0 Å². The first-order valence-electron chi connectivity index (χ1n) is 6.31. The lowest BCUT2D eigenvalue weighted by Crippen LogP contribution is -2.50. The summed E-state index contributed by atoms with van der Waals surface area (Å²) in [5.41, 5.74) is 3.72. The number of halogens is 3. The van der Waals surface area contributed by atoms with E-state index in [1.807, 2.05) is 0 Å². The van der Waals surface area contributed by atoms with Gasteiger partial charge in [-0.05, 0) is 18.2 Å². The molecule has 1 amide bonds. The molecular weight excluding hydrogens is 289 g/mol. The van der Waals surface area contributed by atoms with E-state index in [0.29, 0.717) is 0 Å². The van der Waals surface area contributed by atoms with E-state index in [4.69, 9.17) is 10.5 Å². The number of hydrogen-bond acceptors (Lipinski definition) is 4. The standard InChI is InChI=1S/C13H15F3N2O3/c14-13(15,16)10-5-8(1-2-11(10)17)12(20)18-3-4-21-7-9(18)6-19/h1-2,5,9,19H,3-4,6-7,17H2. The van der Waals surface area contributed by atoms with Crippen LogP contribution in [-0.2, 0) is 10.9 Å². The van der Waals surface area contributed by atoms with Crippen molar-refractivity contribution in [3.05, 3.63) is 29.3 Å². The number of nitrogens with zero attached hydrogens (tertiary/aromatic N) is 1. The summed E-state index contributed by atoms with van der Waals surface area (Å²) in [7, 11) is 0. The minimum Gasteiger partial charge on any atom is -0.398 e. The van der Waals surface area contributed by atoms with Gasteiger partial charge in [-0.25, -0.2) is 0 Å². The number of morpholine rings is 1. The third-order valence-corrected chi connectivity index (χ3v) is 3.30. The molecule has 1 unspecified atom stereocenters. The van der Waals surface area contributed by atoms with Gasteiger partial charge in [0.05, 0.1) is 31.4 Å². The molecule has 8 heteroatoms. The Morgan fingerprint density at radius 3 is 2.81 bits per heavy atom. The molecule has 0 radical (unpaired) electrons. The number of amides is 1. The largest absolute Gasteiger partial charge is 0.418 e. The Morgan fingerprint density at radius 2 is 2.19 bits per heavy atom. The van der Waals surface area contributed by atoms with Gasteiger partial charge < -0.3 is 20.5 Å². The second-order valence-corrected chi connectivity index (χ2v) is 4.71. The summed E-state index contributed by atoms with van der Waals surface area (Å²) in [5, 5.41) is 9.21. The molecule has 2 rings (SSSR count). The van der Waals surface area contributed by atoms with Crippen LogP contribution in [0.4, 0.5) is 18.9 Å².